The summed E-state index contributed by atoms with van der Waals surface area (Å²) in [6.07, 6.45) is 3.62. The molecule has 1 aromatic carbocycles. The first kappa shape index (κ1) is 14.1. The first-order valence-electron chi connectivity index (χ1n) is 6.56. The Morgan fingerprint density at radius 1 is 1.25 bits per heavy atom. The van der Waals surface area contributed by atoms with E-state index in [4.69, 9.17) is 5.73 Å². The molecular formula is C15H18N4O. The van der Waals surface area contributed by atoms with Crippen LogP contribution in [0.4, 0.5) is 5.69 Å². The second-order valence-corrected chi connectivity index (χ2v) is 4.75. The van der Waals surface area contributed by atoms with Crippen molar-refractivity contribution in [1.82, 2.24) is 9.97 Å². The number of carbonyl (C=O) groups excluding carboxylic acids is 1. The molecule has 1 unspecified atom stereocenters. The van der Waals surface area contributed by atoms with Gasteiger partial charge in [0.25, 0.3) is 0 Å². The molecular weight excluding hydrogens is 252 g/mol. The van der Waals surface area contributed by atoms with Gasteiger partial charge in [0.05, 0.1) is 18.1 Å². The predicted octanol–water partition coefficient (Wildman–Crippen LogP) is 2.07. The van der Waals surface area contributed by atoms with Crippen molar-refractivity contribution < 1.29 is 4.79 Å². The summed E-state index contributed by atoms with van der Waals surface area (Å²) in [4.78, 5) is 20.2. The van der Waals surface area contributed by atoms with Crippen LogP contribution >= 0.6 is 0 Å². The number of hydrogen-bond donors (Lipinski definition) is 2. The molecule has 0 aliphatic rings. The predicted molar refractivity (Wildman–Crippen MR) is 78.9 cm³/mol. The Labute approximate surface area is 118 Å². The number of anilines is 1. The van der Waals surface area contributed by atoms with Gasteiger partial charge in [0, 0.05) is 12.0 Å². The largest absolute Gasteiger partial charge is 0.330 e. The summed E-state index contributed by atoms with van der Waals surface area (Å²) in [6, 6.07) is 9.69. The van der Waals surface area contributed by atoms with Crippen LogP contribution < -0.4 is 11.1 Å². The van der Waals surface area contributed by atoms with Crippen LogP contribution in [0.1, 0.15) is 13.3 Å². The standard InChI is InChI=1S/C15H18N4O/c1-11(8-16)7-14(20)19-13-9-17-15(18-10-13)12-5-3-2-4-6-12/h2-6,9-11H,7-8,16H2,1H3,(H,19,20). The van der Waals surface area contributed by atoms with Gasteiger partial charge in [-0.3, -0.25) is 4.79 Å². The number of nitrogens with one attached hydrogen (secondary N) is 1. The maximum Gasteiger partial charge on any atom is 0.224 e. The quantitative estimate of drug-likeness (QED) is 0.871. The van der Waals surface area contributed by atoms with Gasteiger partial charge in [-0.2, -0.15) is 0 Å². The third-order valence-corrected chi connectivity index (χ3v) is 2.90. The maximum atomic E-state index is 11.7. The van der Waals surface area contributed by atoms with Crippen LogP contribution in [0.2, 0.25) is 0 Å². The lowest BCUT2D eigenvalue weighted by Gasteiger charge is -2.09. The summed E-state index contributed by atoms with van der Waals surface area (Å²) in [5.74, 6) is 0.734. The van der Waals surface area contributed by atoms with E-state index in [0.29, 0.717) is 24.5 Å². The van der Waals surface area contributed by atoms with E-state index in [9.17, 15) is 4.79 Å². The lowest BCUT2D eigenvalue weighted by molar-refractivity contribution is -0.116. The highest BCUT2D eigenvalue weighted by Crippen LogP contribution is 2.15. The second kappa shape index (κ2) is 6.77. The Bertz CT molecular complexity index is 554. The fraction of sp³-hybridized carbons (Fsp3) is 0.267. The molecule has 104 valence electrons. The topological polar surface area (TPSA) is 80.9 Å². The Balaban J connectivity index is 2.00. The molecule has 1 heterocycles. The van der Waals surface area contributed by atoms with Gasteiger partial charge in [-0.05, 0) is 12.5 Å². The number of amides is 1. The van der Waals surface area contributed by atoms with Crippen molar-refractivity contribution in [2.24, 2.45) is 11.7 Å². The van der Waals surface area contributed by atoms with Gasteiger partial charge in [-0.1, -0.05) is 37.3 Å². The zero-order valence-electron chi connectivity index (χ0n) is 11.4. The number of benzene rings is 1. The van der Waals surface area contributed by atoms with Gasteiger partial charge >= 0.3 is 0 Å². The van der Waals surface area contributed by atoms with Crippen molar-refractivity contribution in [3.05, 3.63) is 42.7 Å². The minimum atomic E-state index is -0.0704. The van der Waals surface area contributed by atoms with E-state index >= 15 is 0 Å². The van der Waals surface area contributed by atoms with Crippen LogP contribution in [0, 0.1) is 5.92 Å². The van der Waals surface area contributed by atoms with Gasteiger partial charge in [0.2, 0.25) is 5.91 Å². The first-order chi connectivity index (χ1) is 9.69. The van der Waals surface area contributed by atoms with Crippen molar-refractivity contribution in [3.63, 3.8) is 0 Å². The molecule has 0 saturated carbocycles. The summed E-state index contributed by atoms with van der Waals surface area (Å²) < 4.78 is 0. The molecule has 0 aliphatic carbocycles. The lowest BCUT2D eigenvalue weighted by Crippen LogP contribution is -2.20. The molecule has 0 spiro atoms. The molecule has 0 aliphatic heterocycles. The molecule has 2 aromatic rings. The van der Waals surface area contributed by atoms with Crippen LogP contribution in [0.3, 0.4) is 0 Å². The number of nitrogens with zero attached hydrogens (tertiary/aromatic N) is 2. The number of aromatic nitrogens is 2. The van der Waals surface area contributed by atoms with Crippen molar-refractivity contribution in [2.75, 3.05) is 11.9 Å². The van der Waals surface area contributed by atoms with E-state index in [-0.39, 0.29) is 11.8 Å². The Kier molecular flexibility index (Phi) is 4.79. The molecule has 0 fully saturated rings. The summed E-state index contributed by atoms with van der Waals surface area (Å²) >= 11 is 0. The molecule has 1 aromatic heterocycles. The third kappa shape index (κ3) is 3.86. The molecule has 0 saturated heterocycles. The normalized spacial score (nSPS) is 11.9. The van der Waals surface area contributed by atoms with E-state index in [1.54, 1.807) is 12.4 Å². The lowest BCUT2D eigenvalue weighted by atomic mass is 10.1. The summed E-state index contributed by atoms with van der Waals surface area (Å²) in [7, 11) is 0. The smallest absolute Gasteiger partial charge is 0.224 e. The van der Waals surface area contributed by atoms with E-state index in [1.165, 1.54) is 0 Å². The molecule has 3 N–H and O–H groups in total. The van der Waals surface area contributed by atoms with Gasteiger partial charge in [-0.15, -0.1) is 0 Å². The molecule has 20 heavy (non-hydrogen) atoms. The van der Waals surface area contributed by atoms with Gasteiger partial charge < -0.3 is 11.1 Å². The monoisotopic (exact) mass is 270 g/mol. The Morgan fingerprint density at radius 3 is 2.50 bits per heavy atom. The Morgan fingerprint density at radius 2 is 1.90 bits per heavy atom. The molecule has 1 atom stereocenters. The van der Waals surface area contributed by atoms with Gasteiger partial charge in [0.15, 0.2) is 5.82 Å². The number of hydrogen-bond acceptors (Lipinski definition) is 4. The zero-order chi connectivity index (χ0) is 14.4. The van der Waals surface area contributed by atoms with E-state index in [1.807, 2.05) is 37.3 Å². The summed E-state index contributed by atoms with van der Waals surface area (Å²) in [6.45, 7) is 2.44. The SMILES string of the molecule is CC(CN)CC(=O)Nc1cnc(-c2ccccc2)nc1. The van der Waals surface area contributed by atoms with Crippen molar-refractivity contribution in [1.29, 1.82) is 0 Å². The zero-order valence-corrected chi connectivity index (χ0v) is 11.4. The fourth-order valence-corrected chi connectivity index (χ4v) is 1.74. The summed E-state index contributed by atoms with van der Waals surface area (Å²) in [5.41, 5.74) is 7.04. The molecule has 1 amide bonds. The number of nitrogens with two attached hydrogens (primary N) is 1. The minimum Gasteiger partial charge on any atom is -0.330 e. The van der Waals surface area contributed by atoms with Crippen molar-refractivity contribution in [2.45, 2.75) is 13.3 Å². The van der Waals surface area contributed by atoms with Crippen molar-refractivity contribution in [3.8, 4) is 11.4 Å². The number of rotatable bonds is 5. The Hall–Kier alpha value is -2.27. The van der Waals surface area contributed by atoms with Crippen molar-refractivity contribution >= 4 is 11.6 Å². The van der Waals surface area contributed by atoms with E-state index < -0.39 is 0 Å². The van der Waals surface area contributed by atoms with Crippen LogP contribution in [-0.2, 0) is 4.79 Å². The second-order valence-electron chi connectivity index (χ2n) is 4.75. The molecule has 0 radical (unpaired) electrons. The summed E-state index contributed by atoms with van der Waals surface area (Å²) in [5, 5.41) is 2.77. The van der Waals surface area contributed by atoms with Crippen LogP contribution in [-0.4, -0.2) is 22.4 Å². The minimum absolute atomic E-state index is 0.0704. The molecule has 5 heteroatoms. The highest BCUT2D eigenvalue weighted by Gasteiger charge is 2.08. The maximum absolute atomic E-state index is 11.7. The first-order valence-corrected chi connectivity index (χ1v) is 6.56. The fourth-order valence-electron chi connectivity index (χ4n) is 1.74. The molecule has 5 nitrogen and oxygen atoms in total. The van der Waals surface area contributed by atoms with Gasteiger partial charge in [0.1, 0.15) is 0 Å². The highest BCUT2D eigenvalue weighted by atomic mass is 16.1. The van der Waals surface area contributed by atoms with Crippen LogP contribution in [0.15, 0.2) is 42.7 Å². The van der Waals surface area contributed by atoms with E-state index in [2.05, 4.69) is 15.3 Å². The van der Waals surface area contributed by atoms with Gasteiger partial charge in [-0.25, -0.2) is 9.97 Å². The average molecular weight is 270 g/mol. The third-order valence-electron chi connectivity index (χ3n) is 2.90. The average Bonchev–Trinajstić information content (AvgIpc) is 2.48. The number of carbonyl (C=O) groups is 1. The van der Waals surface area contributed by atoms with Crippen LogP contribution in [0.25, 0.3) is 11.4 Å². The van der Waals surface area contributed by atoms with E-state index in [0.717, 1.165) is 5.56 Å². The molecule has 2 rings (SSSR count). The highest BCUT2D eigenvalue weighted by molar-refractivity contribution is 5.90. The van der Waals surface area contributed by atoms with Crippen LogP contribution in [0.5, 0.6) is 0 Å². The molecule has 0 bridgehead atoms.